The standard InChI is InChI=1S/C20H26/c1-14(2)9-15-3-5-17-7-8-20(13-18(17)10-15)12-16-4-6-19(20)11-16/h3-5,10,14,19H,6-9,11-13H2,1-2H3. The molecular weight excluding hydrogens is 240 g/mol. The van der Waals surface area contributed by atoms with Crippen molar-refractivity contribution < 1.29 is 0 Å². The Bertz CT molecular complexity index is 563. The van der Waals surface area contributed by atoms with E-state index in [4.69, 9.17) is 0 Å². The molecular formula is C20H26. The zero-order chi connectivity index (χ0) is 13.7. The Kier molecular flexibility index (Phi) is 2.84. The Hall–Kier alpha value is -1.04. The first-order valence-corrected chi connectivity index (χ1v) is 8.43. The van der Waals surface area contributed by atoms with Crippen LogP contribution in [-0.2, 0) is 19.3 Å². The molecule has 0 amide bonds. The van der Waals surface area contributed by atoms with Gasteiger partial charge in [-0.15, -0.1) is 0 Å². The number of rotatable bonds is 2. The predicted octanol–water partition coefficient (Wildman–Crippen LogP) is 5.10. The molecule has 0 heteroatoms. The number of benzene rings is 1. The molecule has 3 aliphatic rings. The Labute approximate surface area is 123 Å². The monoisotopic (exact) mass is 266 g/mol. The molecule has 0 nitrogen and oxygen atoms in total. The van der Waals surface area contributed by atoms with Crippen molar-refractivity contribution in [1.29, 1.82) is 0 Å². The highest BCUT2D eigenvalue weighted by atomic mass is 14.5. The van der Waals surface area contributed by atoms with Crippen molar-refractivity contribution in [2.45, 2.75) is 58.8 Å². The van der Waals surface area contributed by atoms with Gasteiger partial charge in [-0.05, 0) is 78.9 Å². The first kappa shape index (κ1) is 12.7. The van der Waals surface area contributed by atoms with Crippen LogP contribution in [0.3, 0.4) is 0 Å². The average molecular weight is 266 g/mol. The van der Waals surface area contributed by atoms with Crippen molar-refractivity contribution in [3.8, 4) is 0 Å². The lowest BCUT2D eigenvalue weighted by Crippen LogP contribution is -2.33. The van der Waals surface area contributed by atoms with E-state index in [0.29, 0.717) is 5.41 Å². The smallest absolute Gasteiger partial charge is 0.0182 e. The minimum atomic E-state index is 0.646. The lowest BCUT2D eigenvalue weighted by atomic mass is 9.64. The van der Waals surface area contributed by atoms with Crippen molar-refractivity contribution in [2.75, 3.05) is 0 Å². The summed E-state index contributed by atoms with van der Waals surface area (Å²) in [6.07, 6.45) is 12.1. The van der Waals surface area contributed by atoms with E-state index in [2.05, 4.69) is 38.1 Å². The normalized spacial score (nSPS) is 30.9. The van der Waals surface area contributed by atoms with E-state index >= 15 is 0 Å². The summed E-state index contributed by atoms with van der Waals surface area (Å²) < 4.78 is 0. The number of hydrogen-bond donors (Lipinski definition) is 0. The predicted molar refractivity (Wildman–Crippen MR) is 84.9 cm³/mol. The summed E-state index contributed by atoms with van der Waals surface area (Å²) in [4.78, 5) is 0. The van der Waals surface area contributed by atoms with Gasteiger partial charge in [-0.2, -0.15) is 0 Å². The molecule has 1 spiro atoms. The molecule has 1 saturated carbocycles. The van der Waals surface area contributed by atoms with Gasteiger partial charge < -0.3 is 0 Å². The lowest BCUT2D eigenvalue weighted by molar-refractivity contribution is 0.168. The lowest BCUT2D eigenvalue weighted by Gasteiger charge is -2.40. The number of allylic oxidation sites excluding steroid dienone is 2. The quantitative estimate of drug-likeness (QED) is 0.653. The second-order valence-electron chi connectivity index (χ2n) is 7.92. The van der Waals surface area contributed by atoms with Gasteiger partial charge in [-0.1, -0.05) is 43.7 Å². The number of hydrogen-bond acceptors (Lipinski definition) is 0. The molecule has 4 rings (SSSR count). The molecule has 0 saturated heterocycles. The topological polar surface area (TPSA) is 0 Å². The van der Waals surface area contributed by atoms with Crippen LogP contribution in [0.15, 0.2) is 29.8 Å². The summed E-state index contributed by atoms with van der Waals surface area (Å²) in [5.41, 5.74) is 7.30. The van der Waals surface area contributed by atoms with E-state index in [9.17, 15) is 0 Å². The zero-order valence-corrected chi connectivity index (χ0v) is 12.9. The highest BCUT2D eigenvalue weighted by Crippen LogP contribution is 2.58. The largest absolute Gasteiger partial charge is 0.0850 e. The molecule has 0 N–H and O–H groups in total. The van der Waals surface area contributed by atoms with Gasteiger partial charge in [0.05, 0.1) is 0 Å². The molecule has 20 heavy (non-hydrogen) atoms. The summed E-state index contributed by atoms with van der Waals surface area (Å²) in [6.45, 7) is 4.65. The van der Waals surface area contributed by atoms with Crippen LogP contribution in [-0.4, -0.2) is 0 Å². The summed E-state index contributed by atoms with van der Waals surface area (Å²) in [5, 5.41) is 0. The molecule has 0 radical (unpaired) electrons. The van der Waals surface area contributed by atoms with E-state index in [1.807, 2.05) is 0 Å². The van der Waals surface area contributed by atoms with Gasteiger partial charge in [0.25, 0.3) is 0 Å². The first-order chi connectivity index (χ1) is 9.64. The first-order valence-electron chi connectivity index (χ1n) is 8.43. The average Bonchev–Trinajstić information content (AvgIpc) is 2.98. The van der Waals surface area contributed by atoms with E-state index in [1.165, 1.54) is 44.9 Å². The summed E-state index contributed by atoms with van der Waals surface area (Å²) >= 11 is 0. The maximum Gasteiger partial charge on any atom is -0.0182 e. The molecule has 2 unspecified atom stereocenters. The molecule has 3 aliphatic carbocycles. The number of fused-ring (bicyclic) bond motifs is 4. The van der Waals surface area contributed by atoms with Crippen LogP contribution < -0.4 is 0 Å². The highest BCUT2D eigenvalue weighted by molar-refractivity contribution is 5.38. The minimum Gasteiger partial charge on any atom is -0.0850 e. The highest BCUT2D eigenvalue weighted by Gasteiger charge is 2.48. The van der Waals surface area contributed by atoms with Gasteiger partial charge >= 0.3 is 0 Å². The van der Waals surface area contributed by atoms with Crippen LogP contribution >= 0.6 is 0 Å². The van der Waals surface area contributed by atoms with Crippen LogP contribution in [0.4, 0.5) is 0 Å². The van der Waals surface area contributed by atoms with Gasteiger partial charge in [-0.25, -0.2) is 0 Å². The van der Waals surface area contributed by atoms with Crippen molar-refractivity contribution in [2.24, 2.45) is 17.3 Å². The molecule has 2 bridgehead atoms. The molecule has 0 heterocycles. The molecule has 1 aromatic rings. The third-order valence-electron chi connectivity index (χ3n) is 5.99. The van der Waals surface area contributed by atoms with Crippen LogP contribution in [0.5, 0.6) is 0 Å². The maximum absolute atomic E-state index is 2.54. The minimum absolute atomic E-state index is 0.646. The van der Waals surface area contributed by atoms with Gasteiger partial charge in [0, 0.05) is 0 Å². The fourth-order valence-corrected chi connectivity index (χ4v) is 5.04. The van der Waals surface area contributed by atoms with Crippen molar-refractivity contribution in [3.63, 3.8) is 0 Å². The van der Waals surface area contributed by atoms with Gasteiger partial charge in [-0.3, -0.25) is 0 Å². The molecule has 1 aromatic carbocycles. The van der Waals surface area contributed by atoms with Crippen LogP contribution in [0.1, 0.15) is 56.2 Å². The number of aryl methyl sites for hydroxylation is 1. The SMILES string of the molecule is CC(C)Cc1ccc2c(c1)CC1(CC2)CC2=CCC1C2. The maximum atomic E-state index is 2.54. The van der Waals surface area contributed by atoms with Gasteiger partial charge in [0.15, 0.2) is 0 Å². The Morgan fingerprint density at radius 1 is 1.20 bits per heavy atom. The fourth-order valence-electron chi connectivity index (χ4n) is 5.04. The second kappa shape index (κ2) is 4.48. The summed E-state index contributed by atoms with van der Waals surface area (Å²) in [7, 11) is 0. The molecule has 0 aromatic heterocycles. The van der Waals surface area contributed by atoms with E-state index in [0.717, 1.165) is 11.8 Å². The van der Waals surface area contributed by atoms with Crippen molar-refractivity contribution >= 4 is 0 Å². The zero-order valence-electron chi connectivity index (χ0n) is 12.9. The molecule has 0 aliphatic heterocycles. The van der Waals surface area contributed by atoms with E-state index in [1.54, 1.807) is 22.3 Å². The van der Waals surface area contributed by atoms with Gasteiger partial charge in [0.2, 0.25) is 0 Å². The van der Waals surface area contributed by atoms with Crippen LogP contribution in [0, 0.1) is 17.3 Å². The Morgan fingerprint density at radius 2 is 2.10 bits per heavy atom. The molecule has 1 fully saturated rings. The summed E-state index contributed by atoms with van der Waals surface area (Å²) in [6, 6.07) is 7.34. The van der Waals surface area contributed by atoms with Gasteiger partial charge in [0.1, 0.15) is 0 Å². The molecule has 106 valence electrons. The van der Waals surface area contributed by atoms with Crippen molar-refractivity contribution in [3.05, 3.63) is 46.5 Å². The van der Waals surface area contributed by atoms with Crippen molar-refractivity contribution in [1.82, 2.24) is 0 Å². The fraction of sp³-hybridized carbons (Fsp3) is 0.600. The molecule has 2 atom stereocenters. The third-order valence-corrected chi connectivity index (χ3v) is 5.99. The second-order valence-corrected chi connectivity index (χ2v) is 7.92. The van der Waals surface area contributed by atoms with Crippen LogP contribution in [0.2, 0.25) is 0 Å². The Morgan fingerprint density at radius 3 is 2.80 bits per heavy atom. The van der Waals surface area contributed by atoms with E-state index < -0.39 is 0 Å². The van der Waals surface area contributed by atoms with Crippen LogP contribution in [0.25, 0.3) is 0 Å². The van der Waals surface area contributed by atoms with E-state index in [-0.39, 0.29) is 0 Å². The Balaban J connectivity index is 1.63. The summed E-state index contributed by atoms with van der Waals surface area (Å²) in [5.74, 6) is 1.73. The third kappa shape index (κ3) is 1.96.